The van der Waals surface area contributed by atoms with Gasteiger partial charge in [0.05, 0.1) is 12.8 Å². The third-order valence-electron chi connectivity index (χ3n) is 2.77. The number of aryl methyl sites for hydroxylation is 2. The second-order valence-electron chi connectivity index (χ2n) is 3.97. The van der Waals surface area contributed by atoms with Crippen LogP contribution >= 0.6 is 0 Å². The summed E-state index contributed by atoms with van der Waals surface area (Å²) in [4.78, 5) is 11.0. The molecule has 1 aromatic carbocycles. The van der Waals surface area contributed by atoms with Crippen molar-refractivity contribution in [3.8, 4) is 0 Å². The van der Waals surface area contributed by atoms with Gasteiger partial charge in [-0.2, -0.15) is 5.10 Å². The average molecular weight is 232 g/mol. The van der Waals surface area contributed by atoms with Gasteiger partial charge in [-0.15, -0.1) is 0 Å². The lowest BCUT2D eigenvalue weighted by atomic mass is 10.1. The lowest BCUT2D eigenvalue weighted by Crippen LogP contribution is -2.18. The summed E-state index contributed by atoms with van der Waals surface area (Å²) in [6, 6.07) is 6.27. The van der Waals surface area contributed by atoms with Crippen LogP contribution in [0.3, 0.4) is 0 Å². The zero-order valence-corrected chi connectivity index (χ0v) is 9.90. The summed E-state index contributed by atoms with van der Waals surface area (Å²) in [7, 11) is 0. The van der Waals surface area contributed by atoms with E-state index in [0.29, 0.717) is 6.61 Å². The first-order valence-electron chi connectivity index (χ1n) is 5.87. The fraction of sp³-hybridized carbons (Fsp3) is 0.385. The van der Waals surface area contributed by atoms with Crippen LogP contribution in [0.1, 0.15) is 30.0 Å². The van der Waals surface area contributed by atoms with Gasteiger partial charge in [0.2, 0.25) is 0 Å². The third-order valence-corrected chi connectivity index (χ3v) is 2.77. The van der Waals surface area contributed by atoms with Crippen molar-refractivity contribution >= 4 is 12.3 Å². The first-order chi connectivity index (χ1) is 8.29. The molecule has 1 N–H and O–H groups in total. The SMILES string of the molecule is CCOC(=O)NN=Cc1ccc2c(c1)CCC2. The highest BCUT2D eigenvalue weighted by Gasteiger charge is 2.09. The molecular weight excluding hydrogens is 216 g/mol. The number of nitrogens with one attached hydrogen (secondary N) is 1. The lowest BCUT2D eigenvalue weighted by molar-refractivity contribution is 0.152. The van der Waals surface area contributed by atoms with Crippen molar-refractivity contribution in [2.24, 2.45) is 5.10 Å². The number of carbonyl (C=O) groups excluding carboxylic acids is 1. The van der Waals surface area contributed by atoms with Crippen LogP contribution in [0.15, 0.2) is 23.3 Å². The molecule has 0 saturated carbocycles. The van der Waals surface area contributed by atoms with Crippen LogP contribution in [0.2, 0.25) is 0 Å². The van der Waals surface area contributed by atoms with E-state index in [4.69, 9.17) is 4.74 Å². The summed E-state index contributed by atoms with van der Waals surface area (Å²) in [5.74, 6) is 0. The molecule has 0 fully saturated rings. The second kappa shape index (κ2) is 5.48. The quantitative estimate of drug-likeness (QED) is 0.642. The Morgan fingerprint density at radius 3 is 3.12 bits per heavy atom. The number of hydrogen-bond donors (Lipinski definition) is 1. The van der Waals surface area contributed by atoms with Crippen molar-refractivity contribution in [1.29, 1.82) is 0 Å². The molecule has 1 aromatic rings. The molecule has 0 saturated heterocycles. The normalized spacial score (nSPS) is 13.7. The van der Waals surface area contributed by atoms with E-state index in [-0.39, 0.29) is 0 Å². The second-order valence-corrected chi connectivity index (χ2v) is 3.97. The molecule has 0 spiro atoms. The smallest absolute Gasteiger partial charge is 0.427 e. The Labute approximate surface area is 101 Å². The number of benzene rings is 1. The number of fused-ring (bicyclic) bond motifs is 1. The Hall–Kier alpha value is -1.84. The zero-order valence-electron chi connectivity index (χ0n) is 9.90. The minimum absolute atomic E-state index is 0.347. The predicted octanol–water partition coefficient (Wildman–Crippen LogP) is 2.26. The molecule has 1 aliphatic rings. The largest absolute Gasteiger partial charge is 0.449 e. The minimum Gasteiger partial charge on any atom is -0.449 e. The van der Waals surface area contributed by atoms with Gasteiger partial charge in [0.25, 0.3) is 0 Å². The van der Waals surface area contributed by atoms with E-state index in [1.807, 2.05) is 6.07 Å². The molecule has 0 bridgehead atoms. The van der Waals surface area contributed by atoms with Crippen molar-refractivity contribution in [2.45, 2.75) is 26.2 Å². The number of rotatable bonds is 3. The van der Waals surface area contributed by atoms with Crippen LogP contribution in [-0.2, 0) is 17.6 Å². The third kappa shape index (κ3) is 3.06. The molecule has 0 aliphatic heterocycles. The number of carbonyl (C=O) groups is 1. The summed E-state index contributed by atoms with van der Waals surface area (Å²) in [5.41, 5.74) is 6.13. The van der Waals surface area contributed by atoms with Crippen LogP contribution in [-0.4, -0.2) is 18.9 Å². The van der Waals surface area contributed by atoms with Crippen LogP contribution in [0.25, 0.3) is 0 Å². The Morgan fingerprint density at radius 1 is 1.47 bits per heavy atom. The highest BCUT2D eigenvalue weighted by atomic mass is 16.5. The first kappa shape index (κ1) is 11.6. The van der Waals surface area contributed by atoms with Gasteiger partial charge < -0.3 is 4.74 Å². The van der Waals surface area contributed by atoms with Crippen molar-refractivity contribution in [3.63, 3.8) is 0 Å². The van der Waals surface area contributed by atoms with Crippen LogP contribution < -0.4 is 5.43 Å². The van der Waals surface area contributed by atoms with Crippen LogP contribution in [0, 0.1) is 0 Å². The number of amides is 1. The van der Waals surface area contributed by atoms with Gasteiger partial charge >= 0.3 is 6.09 Å². The standard InChI is InChI=1S/C13H16N2O2/c1-2-17-13(16)15-14-9-10-6-7-11-4-3-5-12(11)8-10/h6-9H,2-5H2,1H3,(H,15,16). The summed E-state index contributed by atoms with van der Waals surface area (Å²) in [6.45, 7) is 2.10. The molecule has 0 unspecified atom stereocenters. The lowest BCUT2D eigenvalue weighted by Gasteiger charge is -2.01. The van der Waals surface area contributed by atoms with Crippen molar-refractivity contribution in [3.05, 3.63) is 34.9 Å². The Bertz CT molecular complexity index is 441. The molecule has 0 heterocycles. The van der Waals surface area contributed by atoms with E-state index in [1.54, 1.807) is 13.1 Å². The predicted molar refractivity (Wildman–Crippen MR) is 66.2 cm³/mol. The number of hydrogen-bond acceptors (Lipinski definition) is 3. The van der Waals surface area contributed by atoms with Gasteiger partial charge in [0, 0.05) is 0 Å². The maximum absolute atomic E-state index is 11.0. The van der Waals surface area contributed by atoms with Crippen molar-refractivity contribution in [1.82, 2.24) is 5.43 Å². The molecule has 0 atom stereocenters. The molecule has 0 aromatic heterocycles. The van der Waals surface area contributed by atoms with Crippen molar-refractivity contribution in [2.75, 3.05) is 6.61 Å². The van der Waals surface area contributed by atoms with Gasteiger partial charge in [-0.05, 0) is 48.9 Å². The van der Waals surface area contributed by atoms with Crippen LogP contribution in [0.5, 0.6) is 0 Å². The maximum atomic E-state index is 11.0. The molecule has 1 aliphatic carbocycles. The molecule has 1 amide bonds. The van der Waals surface area contributed by atoms with E-state index < -0.39 is 6.09 Å². The van der Waals surface area contributed by atoms with Gasteiger partial charge in [-0.1, -0.05) is 12.1 Å². The van der Waals surface area contributed by atoms with Crippen LogP contribution in [0.4, 0.5) is 4.79 Å². The summed E-state index contributed by atoms with van der Waals surface area (Å²) in [5, 5.41) is 3.84. The number of nitrogens with zero attached hydrogens (tertiary/aromatic N) is 1. The summed E-state index contributed by atoms with van der Waals surface area (Å²) in [6.07, 6.45) is 4.66. The molecule has 0 radical (unpaired) electrons. The highest BCUT2D eigenvalue weighted by molar-refractivity contribution is 5.81. The van der Waals surface area contributed by atoms with Gasteiger partial charge in [-0.3, -0.25) is 0 Å². The van der Waals surface area contributed by atoms with E-state index in [2.05, 4.69) is 22.7 Å². The van der Waals surface area contributed by atoms with E-state index in [9.17, 15) is 4.79 Å². The monoisotopic (exact) mass is 232 g/mol. The van der Waals surface area contributed by atoms with E-state index >= 15 is 0 Å². The molecule has 2 rings (SSSR count). The highest BCUT2D eigenvalue weighted by Crippen LogP contribution is 2.22. The molecule has 4 heteroatoms. The maximum Gasteiger partial charge on any atom is 0.427 e. The van der Waals surface area contributed by atoms with Crippen molar-refractivity contribution < 1.29 is 9.53 Å². The van der Waals surface area contributed by atoms with Gasteiger partial charge in [0.15, 0.2) is 0 Å². The van der Waals surface area contributed by atoms with E-state index in [1.165, 1.54) is 24.0 Å². The van der Waals surface area contributed by atoms with Gasteiger partial charge in [-0.25, -0.2) is 10.2 Å². The zero-order chi connectivity index (χ0) is 12.1. The summed E-state index contributed by atoms with van der Waals surface area (Å²) < 4.78 is 4.69. The average Bonchev–Trinajstić information content (AvgIpc) is 2.76. The minimum atomic E-state index is -0.523. The number of ether oxygens (including phenoxy) is 1. The molecular formula is C13H16N2O2. The fourth-order valence-corrected chi connectivity index (χ4v) is 1.99. The molecule has 17 heavy (non-hydrogen) atoms. The number of hydrazone groups is 1. The topological polar surface area (TPSA) is 50.7 Å². The Balaban J connectivity index is 1.95. The molecule has 4 nitrogen and oxygen atoms in total. The fourth-order valence-electron chi connectivity index (χ4n) is 1.99. The Kier molecular flexibility index (Phi) is 3.75. The summed E-state index contributed by atoms with van der Waals surface area (Å²) >= 11 is 0. The molecule has 90 valence electrons. The van der Waals surface area contributed by atoms with E-state index in [0.717, 1.165) is 12.0 Å². The first-order valence-corrected chi connectivity index (χ1v) is 5.87. The Morgan fingerprint density at radius 2 is 2.29 bits per heavy atom. The van der Waals surface area contributed by atoms with Gasteiger partial charge in [0.1, 0.15) is 0 Å².